The van der Waals surface area contributed by atoms with Gasteiger partial charge in [0.1, 0.15) is 0 Å². The van der Waals surface area contributed by atoms with Crippen molar-refractivity contribution in [1.29, 1.82) is 0 Å². The minimum atomic E-state index is -1.87. The Morgan fingerprint density at radius 1 is 1.00 bits per heavy atom. The first-order valence-corrected chi connectivity index (χ1v) is 9.72. The number of hydrogen-bond acceptors (Lipinski definition) is 5. The molecular formula is C14H22O5Si. The third-order valence-corrected chi connectivity index (χ3v) is 3.33. The maximum absolute atomic E-state index is 11.9. The molecule has 0 saturated heterocycles. The van der Waals surface area contributed by atoms with Crippen molar-refractivity contribution in [3.05, 3.63) is 17.7 Å². The Kier molecular flexibility index (Phi) is 5.44. The molecule has 0 fully saturated rings. The molecule has 1 rings (SSSR count). The van der Waals surface area contributed by atoms with Gasteiger partial charge in [0, 0.05) is 0 Å². The van der Waals surface area contributed by atoms with Gasteiger partial charge in [0.2, 0.25) is 14.1 Å². The van der Waals surface area contributed by atoms with E-state index in [1.165, 1.54) is 0 Å². The fourth-order valence-electron chi connectivity index (χ4n) is 1.78. The van der Waals surface area contributed by atoms with Gasteiger partial charge < -0.3 is 18.6 Å². The van der Waals surface area contributed by atoms with Gasteiger partial charge >= 0.3 is 0 Å². The molecule has 0 aromatic heterocycles. The summed E-state index contributed by atoms with van der Waals surface area (Å²) in [7, 11) is 2.75. The van der Waals surface area contributed by atoms with E-state index in [4.69, 9.17) is 18.6 Å². The summed E-state index contributed by atoms with van der Waals surface area (Å²) in [4.78, 5) is 11.9. The van der Waals surface area contributed by atoms with E-state index in [1.807, 2.05) is 19.6 Å². The molecule has 0 unspecified atom stereocenters. The molecule has 1 aromatic carbocycles. The van der Waals surface area contributed by atoms with Crippen LogP contribution in [0.2, 0.25) is 19.6 Å². The van der Waals surface area contributed by atoms with E-state index in [0.717, 1.165) is 5.56 Å². The molecule has 0 N–H and O–H groups in total. The lowest BCUT2D eigenvalue weighted by molar-refractivity contribution is -0.134. The SMILES string of the molecule is COc1cc(CC(=O)O[Si](C)(C)C)cc(OC)c1OC. The first-order valence-electron chi connectivity index (χ1n) is 6.31. The van der Waals surface area contributed by atoms with Crippen molar-refractivity contribution >= 4 is 14.3 Å². The van der Waals surface area contributed by atoms with Crippen LogP contribution in [0.1, 0.15) is 5.56 Å². The number of rotatable bonds is 6. The molecule has 0 saturated carbocycles. The molecule has 0 spiro atoms. The highest BCUT2D eigenvalue weighted by molar-refractivity contribution is 6.71. The van der Waals surface area contributed by atoms with Crippen molar-refractivity contribution in [1.82, 2.24) is 0 Å². The monoisotopic (exact) mass is 298 g/mol. The van der Waals surface area contributed by atoms with Crippen molar-refractivity contribution < 1.29 is 23.4 Å². The van der Waals surface area contributed by atoms with Gasteiger partial charge in [-0.1, -0.05) is 0 Å². The van der Waals surface area contributed by atoms with E-state index < -0.39 is 8.32 Å². The molecule has 0 heterocycles. The average molecular weight is 298 g/mol. The second-order valence-corrected chi connectivity index (χ2v) is 9.73. The Bertz CT molecular complexity index is 454. The van der Waals surface area contributed by atoms with E-state index >= 15 is 0 Å². The van der Waals surface area contributed by atoms with E-state index in [0.29, 0.717) is 17.2 Å². The number of hydrogen-bond donors (Lipinski definition) is 0. The number of carbonyl (C=O) groups excluding carboxylic acids is 1. The van der Waals surface area contributed by atoms with Crippen molar-refractivity contribution in [3.8, 4) is 17.2 Å². The maximum atomic E-state index is 11.9. The van der Waals surface area contributed by atoms with Crippen LogP contribution in [0, 0.1) is 0 Å². The molecule has 20 heavy (non-hydrogen) atoms. The van der Waals surface area contributed by atoms with Crippen molar-refractivity contribution in [2.24, 2.45) is 0 Å². The summed E-state index contributed by atoms with van der Waals surface area (Å²) in [6.07, 6.45) is 0.182. The molecule has 6 heteroatoms. The lowest BCUT2D eigenvalue weighted by Crippen LogP contribution is -2.29. The van der Waals surface area contributed by atoms with Gasteiger partial charge in [-0.2, -0.15) is 0 Å². The molecule has 0 aliphatic carbocycles. The zero-order valence-corrected chi connectivity index (χ0v) is 13.9. The Morgan fingerprint density at radius 2 is 1.50 bits per heavy atom. The van der Waals surface area contributed by atoms with Crippen LogP contribution in [0.3, 0.4) is 0 Å². The van der Waals surface area contributed by atoms with Gasteiger partial charge in [0.15, 0.2) is 11.5 Å². The van der Waals surface area contributed by atoms with Crippen LogP contribution in [0.15, 0.2) is 12.1 Å². The zero-order valence-electron chi connectivity index (χ0n) is 12.9. The first-order chi connectivity index (χ1) is 9.30. The summed E-state index contributed by atoms with van der Waals surface area (Å²) >= 11 is 0. The zero-order chi connectivity index (χ0) is 15.3. The highest BCUT2D eigenvalue weighted by Crippen LogP contribution is 2.38. The van der Waals surface area contributed by atoms with Crippen LogP contribution < -0.4 is 14.2 Å². The Morgan fingerprint density at radius 3 is 1.85 bits per heavy atom. The number of benzene rings is 1. The van der Waals surface area contributed by atoms with Crippen LogP contribution >= 0.6 is 0 Å². The minimum absolute atomic E-state index is 0.182. The first kappa shape index (κ1) is 16.4. The predicted molar refractivity (Wildman–Crippen MR) is 79.2 cm³/mol. The molecule has 112 valence electrons. The molecule has 0 atom stereocenters. The molecular weight excluding hydrogens is 276 g/mol. The predicted octanol–water partition coefficient (Wildman–Crippen LogP) is 2.63. The fourth-order valence-corrected chi connectivity index (χ4v) is 2.54. The van der Waals surface area contributed by atoms with Crippen LogP contribution in [0.25, 0.3) is 0 Å². The second-order valence-electron chi connectivity index (χ2n) is 5.30. The van der Waals surface area contributed by atoms with Gasteiger partial charge in [0.05, 0.1) is 27.8 Å². The lowest BCUT2D eigenvalue weighted by atomic mass is 10.1. The highest BCUT2D eigenvalue weighted by Gasteiger charge is 2.21. The number of ether oxygens (including phenoxy) is 3. The summed E-state index contributed by atoms with van der Waals surface area (Å²) in [5.41, 5.74) is 0.766. The number of methoxy groups -OCH3 is 3. The second kappa shape index (κ2) is 6.65. The van der Waals surface area contributed by atoms with Crippen molar-refractivity contribution in [2.45, 2.75) is 26.1 Å². The fraction of sp³-hybridized carbons (Fsp3) is 0.500. The smallest absolute Gasteiger partial charge is 0.296 e. The quantitative estimate of drug-likeness (QED) is 0.756. The molecule has 0 aliphatic rings. The number of carbonyl (C=O) groups is 1. The van der Waals surface area contributed by atoms with Crippen molar-refractivity contribution in [2.75, 3.05) is 21.3 Å². The Labute approximate surface area is 120 Å². The highest BCUT2D eigenvalue weighted by atomic mass is 28.4. The Balaban J connectivity index is 2.99. The molecule has 0 radical (unpaired) electrons. The summed E-state index contributed by atoms with van der Waals surface area (Å²) in [5, 5.41) is 0. The van der Waals surface area contributed by atoms with Gasteiger partial charge in [-0.15, -0.1) is 0 Å². The van der Waals surface area contributed by atoms with E-state index in [2.05, 4.69) is 0 Å². The molecule has 1 aromatic rings. The van der Waals surface area contributed by atoms with Crippen LogP contribution in [-0.2, 0) is 15.6 Å². The van der Waals surface area contributed by atoms with Gasteiger partial charge in [-0.3, -0.25) is 4.79 Å². The Hall–Kier alpha value is -1.69. The normalized spacial score (nSPS) is 10.9. The van der Waals surface area contributed by atoms with Crippen molar-refractivity contribution in [3.63, 3.8) is 0 Å². The third kappa shape index (κ3) is 4.45. The molecule has 0 bridgehead atoms. The minimum Gasteiger partial charge on any atom is -0.520 e. The average Bonchev–Trinajstić information content (AvgIpc) is 2.35. The standard InChI is InChI=1S/C14H22O5Si/c1-16-11-7-10(8-12(17-2)14(11)18-3)9-13(15)19-20(4,5)6/h7-8H,9H2,1-6H3. The summed E-state index contributed by atoms with van der Waals surface area (Å²) in [6.45, 7) is 5.92. The molecule has 0 aliphatic heterocycles. The van der Waals surface area contributed by atoms with E-state index in [1.54, 1.807) is 33.5 Å². The molecule has 0 amide bonds. The topological polar surface area (TPSA) is 54.0 Å². The largest absolute Gasteiger partial charge is 0.520 e. The van der Waals surface area contributed by atoms with Crippen LogP contribution in [-0.4, -0.2) is 35.6 Å². The summed E-state index contributed by atoms with van der Waals surface area (Å²) in [6, 6.07) is 3.51. The summed E-state index contributed by atoms with van der Waals surface area (Å²) in [5.74, 6) is 1.33. The maximum Gasteiger partial charge on any atom is 0.296 e. The van der Waals surface area contributed by atoms with E-state index in [-0.39, 0.29) is 12.4 Å². The van der Waals surface area contributed by atoms with Crippen LogP contribution in [0.5, 0.6) is 17.2 Å². The van der Waals surface area contributed by atoms with Gasteiger partial charge in [-0.05, 0) is 37.3 Å². The van der Waals surface area contributed by atoms with E-state index in [9.17, 15) is 4.79 Å². The molecule has 5 nitrogen and oxygen atoms in total. The third-order valence-electron chi connectivity index (χ3n) is 2.49. The summed E-state index contributed by atoms with van der Waals surface area (Å²) < 4.78 is 21.2. The lowest BCUT2D eigenvalue weighted by Gasteiger charge is -2.18. The van der Waals surface area contributed by atoms with Gasteiger partial charge in [0.25, 0.3) is 5.97 Å². The van der Waals surface area contributed by atoms with Crippen LogP contribution in [0.4, 0.5) is 0 Å². The van der Waals surface area contributed by atoms with Gasteiger partial charge in [-0.25, -0.2) is 0 Å².